The van der Waals surface area contributed by atoms with Crippen LogP contribution in [0.15, 0.2) is 42.6 Å². The van der Waals surface area contributed by atoms with Gasteiger partial charge < -0.3 is 15.4 Å². The van der Waals surface area contributed by atoms with E-state index in [4.69, 9.17) is 4.74 Å². The van der Waals surface area contributed by atoms with E-state index in [1.54, 1.807) is 25.3 Å². The van der Waals surface area contributed by atoms with Crippen molar-refractivity contribution < 1.29 is 22.7 Å². The van der Waals surface area contributed by atoms with E-state index < -0.39 is 18.8 Å². The molecule has 25 heavy (non-hydrogen) atoms. The molecule has 0 aliphatic heterocycles. The standard InChI is InChI=1S/C17H18F3N3O2/c1-12-14(6-4-7-15(12)25-11-17(18,19)20)23-16(24)22-10-8-13-5-2-3-9-21-13/h2-7,9H,8,10-11H2,1H3,(H2,22,23,24). The van der Waals surface area contributed by atoms with Gasteiger partial charge >= 0.3 is 12.2 Å². The van der Waals surface area contributed by atoms with E-state index in [2.05, 4.69) is 15.6 Å². The Morgan fingerprint density at radius 1 is 1.20 bits per heavy atom. The summed E-state index contributed by atoms with van der Waals surface area (Å²) in [4.78, 5) is 16.1. The van der Waals surface area contributed by atoms with Crippen LogP contribution in [0.3, 0.4) is 0 Å². The SMILES string of the molecule is Cc1c(NC(=O)NCCc2ccccn2)cccc1OCC(F)(F)F. The highest BCUT2D eigenvalue weighted by Gasteiger charge is 2.28. The number of carbonyl (C=O) groups is 1. The van der Waals surface area contributed by atoms with Crippen LogP contribution in [0.2, 0.25) is 0 Å². The smallest absolute Gasteiger partial charge is 0.422 e. The molecule has 134 valence electrons. The molecule has 2 rings (SSSR count). The van der Waals surface area contributed by atoms with E-state index in [0.29, 0.717) is 24.2 Å². The highest BCUT2D eigenvalue weighted by atomic mass is 19.4. The van der Waals surface area contributed by atoms with Crippen LogP contribution in [0.25, 0.3) is 0 Å². The molecule has 2 aromatic rings. The second-order valence-corrected chi connectivity index (χ2v) is 5.28. The van der Waals surface area contributed by atoms with Crippen molar-refractivity contribution in [3.05, 3.63) is 53.9 Å². The number of alkyl halides is 3. The monoisotopic (exact) mass is 353 g/mol. The summed E-state index contributed by atoms with van der Waals surface area (Å²) in [6.07, 6.45) is -2.17. The molecule has 0 radical (unpaired) electrons. The molecule has 2 N–H and O–H groups in total. The molecule has 1 aromatic carbocycles. The largest absolute Gasteiger partial charge is 0.484 e. The zero-order valence-corrected chi connectivity index (χ0v) is 13.6. The van der Waals surface area contributed by atoms with E-state index in [0.717, 1.165) is 5.69 Å². The molecule has 0 spiro atoms. The van der Waals surface area contributed by atoms with Crippen LogP contribution in [-0.4, -0.2) is 30.3 Å². The zero-order valence-electron chi connectivity index (χ0n) is 13.6. The summed E-state index contributed by atoms with van der Waals surface area (Å²) in [6, 6.07) is 9.59. The molecule has 8 heteroatoms. The molecule has 0 unspecified atom stereocenters. The van der Waals surface area contributed by atoms with Gasteiger partial charge in [-0.25, -0.2) is 4.79 Å². The van der Waals surface area contributed by atoms with Gasteiger partial charge in [0.1, 0.15) is 5.75 Å². The van der Waals surface area contributed by atoms with Crippen LogP contribution in [0.4, 0.5) is 23.7 Å². The lowest BCUT2D eigenvalue weighted by atomic mass is 10.2. The Kier molecular flexibility index (Phi) is 6.21. The van der Waals surface area contributed by atoms with Gasteiger partial charge in [0, 0.05) is 36.1 Å². The van der Waals surface area contributed by atoms with Crippen LogP contribution < -0.4 is 15.4 Å². The lowest BCUT2D eigenvalue weighted by molar-refractivity contribution is -0.153. The molecule has 0 aliphatic rings. The van der Waals surface area contributed by atoms with Crippen molar-refractivity contribution in [2.24, 2.45) is 0 Å². The number of nitrogens with one attached hydrogen (secondary N) is 2. The number of amides is 2. The van der Waals surface area contributed by atoms with Crippen LogP contribution in [0.1, 0.15) is 11.3 Å². The molecular weight excluding hydrogens is 335 g/mol. The molecule has 0 atom stereocenters. The Balaban J connectivity index is 1.87. The number of aromatic nitrogens is 1. The minimum Gasteiger partial charge on any atom is -0.484 e. The quantitative estimate of drug-likeness (QED) is 0.832. The number of carbonyl (C=O) groups excluding carboxylic acids is 1. The predicted octanol–water partition coefficient (Wildman–Crippen LogP) is 3.70. The zero-order chi connectivity index (χ0) is 18.3. The fourth-order valence-electron chi connectivity index (χ4n) is 2.08. The van der Waals surface area contributed by atoms with Gasteiger partial charge in [0.25, 0.3) is 0 Å². The second-order valence-electron chi connectivity index (χ2n) is 5.28. The normalized spacial score (nSPS) is 11.0. The maximum atomic E-state index is 12.3. The summed E-state index contributed by atoms with van der Waals surface area (Å²) in [6.45, 7) is 0.578. The first-order valence-corrected chi connectivity index (χ1v) is 7.59. The number of urea groups is 1. The fraction of sp³-hybridized carbons (Fsp3) is 0.294. The van der Waals surface area contributed by atoms with Gasteiger partial charge in [0.15, 0.2) is 6.61 Å². The average molecular weight is 353 g/mol. The van der Waals surface area contributed by atoms with Crippen molar-refractivity contribution in [1.29, 1.82) is 0 Å². The number of ether oxygens (including phenoxy) is 1. The fourth-order valence-corrected chi connectivity index (χ4v) is 2.08. The van der Waals surface area contributed by atoms with Gasteiger partial charge in [-0.15, -0.1) is 0 Å². The predicted molar refractivity (Wildman–Crippen MR) is 87.7 cm³/mol. The van der Waals surface area contributed by atoms with E-state index in [-0.39, 0.29) is 5.75 Å². The van der Waals surface area contributed by atoms with Gasteiger partial charge in [-0.05, 0) is 31.2 Å². The van der Waals surface area contributed by atoms with E-state index in [1.807, 2.05) is 12.1 Å². The molecular formula is C17H18F3N3O2. The number of benzene rings is 1. The maximum Gasteiger partial charge on any atom is 0.422 e. The summed E-state index contributed by atoms with van der Waals surface area (Å²) in [5.74, 6) is 0.0728. The van der Waals surface area contributed by atoms with Crippen LogP contribution in [0.5, 0.6) is 5.75 Å². The first kappa shape index (κ1) is 18.6. The number of hydrogen-bond acceptors (Lipinski definition) is 3. The molecule has 0 saturated heterocycles. The van der Waals surface area contributed by atoms with Crippen molar-refractivity contribution in [3.8, 4) is 5.75 Å². The number of hydrogen-bond donors (Lipinski definition) is 2. The van der Waals surface area contributed by atoms with E-state index in [9.17, 15) is 18.0 Å². The Hall–Kier alpha value is -2.77. The van der Waals surface area contributed by atoms with Gasteiger partial charge in [-0.1, -0.05) is 12.1 Å². The molecule has 0 bridgehead atoms. The highest BCUT2D eigenvalue weighted by molar-refractivity contribution is 5.90. The van der Waals surface area contributed by atoms with Crippen LogP contribution >= 0.6 is 0 Å². The molecule has 2 amide bonds. The number of nitrogens with zero attached hydrogens (tertiary/aromatic N) is 1. The molecule has 1 heterocycles. The first-order chi connectivity index (χ1) is 11.8. The Bertz CT molecular complexity index is 706. The summed E-state index contributed by atoms with van der Waals surface area (Å²) in [5, 5.41) is 5.27. The van der Waals surface area contributed by atoms with Crippen LogP contribution in [0, 0.1) is 6.92 Å². The average Bonchev–Trinajstić information content (AvgIpc) is 2.56. The lowest BCUT2D eigenvalue weighted by Crippen LogP contribution is -2.30. The molecule has 1 aromatic heterocycles. The Morgan fingerprint density at radius 2 is 2.00 bits per heavy atom. The number of halogens is 3. The van der Waals surface area contributed by atoms with Crippen LogP contribution in [-0.2, 0) is 6.42 Å². The second kappa shape index (κ2) is 8.36. The third-order valence-corrected chi connectivity index (χ3v) is 3.32. The number of rotatable bonds is 6. The summed E-state index contributed by atoms with van der Waals surface area (Å²) < 4.78 is 41.5. The first-order valence-electron chi connectivity index (χ1n) is 7.59. The van der Waals surface area contributed by atoms with Gasteiger partial charge in [-0.2, -0.15) is 13.2 Å². The molecule has 0 fully saturated rings. The van der Waals surface area contributed by atoms with E-state index in [1.165, 1.54) is 12.1 Å². The summed E-state index contributed by atoms with van der Waals surface area (Å²) in [7, 11) is 0. The topological polar surface area (TPSA) is 63.2 Å². The van der Waals surface area contributed by atoms with E-state index >= 15 is 0 Å². The maximum absolute atomic E-state index is 12.3. The van der Waals surface area contributed by atoms with Gasteiger partial charge in [-0.3, -0.25) is 4.98 Å². The highest BCUT2D eigenvalue weighted by Crippen LogP contribution is 2.27. The Labute approximate surface area is 143 Å². The summed E-state index contributed by atoms with van der Waals surface area (Å²) in [5.41, 5.74) is 1.66. The van der Waals surface area contributed by atoms with Crippen molar-refractivity contribution in [2.75, 3.05) is 18.5 Å². The van der Waals surface area contributed by atoms with Gasteiger partial charge in [0.05, 0.1) is 0 Å². The van der Waals surface area contributed by atoms with Gasteiger partial charge in [0.2, 0.25) is 0 Å². The number of anilines is 1. The molecule has 0 aliphatic carbocycles. The third kappa shape index (κ3) is 6.33. The molecule has 0 saturated carbocycles. The van der Waals surface area contributed by atoms with Crippen molar-refractivity contribution >= 4 is 11.7 Å². The minimum atomic E-state index is -4.42. The summed E-state index contributed by atoms with van der Waals surface area (Å²) >= 11 is 0. The minimum absolute atomic E-state index is 0.0728. The Morgan fingerprint density at radius 3 is 2.68 bits per heavy atom. The number of pyridine rings is 1. The van der Waals surface area contributed by atoms with Crippen molar-refractivity contribution in [2.45, 2.75) is 19.5 Å². The molecule has 5 nitrogen and oxygen atoms in total. The lowest BCUT2D eigenvalue weighted by Gasteiger charge is -2.15. The van der Waals surface area contributed by atoms with Crippen molar-refractivity contribution in [1.82, 2.24) is 10.3 Å². The van der Waals surface area contributed by atoms with Crippen molar-refractivity contribution in [3.63, 3.8) is 0 Å². The third-order valence-electron chi connectivity index (χ3n) is 3.32.